The zero-order valence-corrected chi connectivity index (χ0v) is 23.9. The Kier molecular flexibility index (Phi) is 8.65. The van der Waals surface area contributed by atoms with Crippen LogP contribution in [0.25, 0.3) is 0 Å². The Balaban J connectivity index is 1.47. The van der Waals surface area contributed by atoms with Crippen molar-refractivity contribution in [1.29, 1.82) is 0 Å². The molecule has 2 saturated carbocycles. The van der Waals surface area contributed by atoms with E-state index in [-0.39, 0.29) is 34.7 Å². The molecule has 0 aromatic heterocycles. The lowest BCUT2D eigenvalue weighted by Gasteiger charge is -2.32. The van der Waals surface area contributed by atoms with Gasteiger partial charge in [-0.25, -0.2) is 14.2 Å². The van der Waals surface area contributed by atoms with Crippen molar-refractivity contribution in [3.63, 3.8) is 0 Å². The predicted octanol–water partition coefficient (Wildman–Crippen LogP) is 6.79. The number of hydrogen-bond acceptors (Lipinski definition) is 7. The number of thioether (sulfide) groups is 1. The number of carbonyl (C=O) groups is 1. The van der Waals surface area contributed by atoms with Crippen molar-refractivity contribution in [1.82, 2.24) is 4.90 Å². The summed E-state index contributed by atoms with van der Waals surface area (Å²) in [4.78, 5) is 19.6. The Morgan fingerprint density at radius 2 is 2.13 bits per heavy atom. The van der Waals surface area contributed by atoms with E-state index >= 15 is 0 Å². The Morgan fingerprint density at radius 3 is 2.71 bits per heavy atom. The van der Waals surface area contributed by atoms with Crippen LogP contribution in [0, 0.1) is 23.1 Å². The standard InChI is InChI=1S/C29H39FN2O5S/c1-7-19(3)24(36-23-10-9-21(38-6)15-22(23)30)25(34-5)26(31-8-2)35-18-29-13-14-32(17-20(29)16-29)27(33)37-28(4)11-12-28/h8-10,15,19-20H,2,7,11-14,16-18H2,1,3-6H3/b25-24-,31-26?. The Hall–Kier alpha value is -2.68. The number of hydrogen-bond donors (Lipinski definition) is 0. The molecular formula is C29H39FN2O5S. The molecule has 38 heavy (non-hydrogen) atoms. The van der Waals surface area contributed by atoms with Gasteiger partial charge in [-0.3, -0.25) is 0 Å². The van der Waals surface area contributed by atoms with Gasteiger partial charge in [0.05, 0.1) is 13.7 Å². The molecule has 3 fully saturated rings. The topological polar surface area (TPSA) is 69.6 Å². The largest absolute Gasteiger partial charge is 0.489 e. The number of allylic oxidation sites excluding steroid dienone is 1. The quantitative estimate of drug-likeness (QED) is 0.132. The zero-order chi connectivity index (χ0) is 27.5. The molecule has 0 N–H and O–H groups in total. The van der Waals surface area contributed by atoms with Gasteiger partial charge in [-0.15, -0.1) is 11.8 Å². The highest BCUT2D eigenvalue weighted by molar-refractivity contribution is 7.98. The van der Waals surface area contributed by atoms with Crippen molar-refractivity contribution in [2.75, 3.05) is 33.1 Å². The highest BCUT2D eigenvalue weighted by Gasteiger charge is 2.58. The zero-order valence-electron chi connectivity index (χ0n) is 23.0. The molecule has 1 heterocycles. The van der Waals surface area contributed by atoms with Gasteiger partial charge in [-0.05, 0) is 69.4 Å². The van der Waals surface area contributed by atoms with E-state index in [0.717, 1.165) is 37.0 Å². The minimum Gasteiger partial charge on any atom is -0.489 e. The fourth-order valence-electron chi connectivity index (χ4n) is 4.79. The van der Waals surface area contributed by atoms with E-state index in [4.69, 9.17) is 18.9 Å². The van der Waals surface area contributed by atoms with Crippen LogP contribution in [0.5, 0.6) is 5.75 Å². The molecule has 0 bridgehead atoms. The number of likely N-dealkylation sites (tertiary alicyclic amines) is 1. The van der Waals surface area contributed by atoms with Crippen LogP contribution in [0.2, 0.25) is 0 Å². The number of ether oxygens (including phenoxy) is 4. The van der Waals surface area contributed by atoms with Crippen molar-refractivity contribution in [2.24, 2.45) is 22.2 Å². The Bertz CT molecular complexity index is 1120. The smallest absolute Gasteiger partial charge is 0.410 e. The van der Waals surface area contributed by atoms with Gasteiger partial charge in [0.2, 0.25) is 5.76 Å². The third-order valence-electron chi connectivity index (χ3n) is 7.97. The number of methoxy groups -OCH3 is 1. The molecule has 7 nitrogen and oxygen atoms in total. The van der Waals surface area contributed by atoms with Gasteiger partial charge in [0.15, 0.2) is 17.3 Å². The van der Waals surface area contributed by atoms with Crippen LogP contribution in [0.1, 0.15) is 52.9 Å². The number of halogens is 1. The summed E-state index contributed by atoms with van der Waals surface area (Å²) in [6.07, 6.45) is 7.51. The fourth-order valence-corrected chi connectivity index (χ4v) is 5.22. The van der Waals surface area contributed by atoms with E-state index in [0.29, 0.717) is 37.1 Å². The third-order valence-corrected chi connectivity index (χ3v) is 8.70. The minimum absolute atomic E-state index is 0.0157. The number of benzene rings is 1. The van der Waals surface area contributed by atoms with Gasteiger partial charge < -0.3 is 23.8 Å². The van der Waals surface area contributed by atoms with E-state index in [1.165, 1.54) is 31.1 Å². The molecule has 1 aromatic rings. The van der Waals surface area contributed by atoms with Gasteiger partial charge in [0.25, 0.3) is 5.90 Å². The number of aliphatic imine (C=N–C) groups is 1. The SMILES string of the molecule is C=CN=C(OCC12CCN(C(=O)OC3(C)CC3)CC1C2)/C(OC)=C(/Oc1ccc(SC)cc1F)C(C)CC. The van der Waals surface area contributed by atoms with Crippen molar-refractivity contribution in [2.45, 2.75) is 63.4 Å². The maximum atomic E-state index is 14.8. The molecule has 3 aliphatic rings. The second-order valence-corrected chi connectivity index (χ2v) is 11.7. The Morgan fingerprint density at radius 1 is 1.37 bits per heavy atom. The molecule has 208 valence electrons. The Labute approximate surface area is 229 Å². The summed E-state index contributed by atoms with van der Waals surface area (Å²) >= 11 is 1.46. The summed E-state index contributed by atoms with van der Waals surface area (Å²) in [5.41, 5.74) is -0.287. The minimum atomic E-state index is -0.447. The molecule has 2 aliphatic carbocycles. The first-order valence-electron chi connectivity index (χ1n) is 13.3. The van der Waals surface area contributed by atoms with Crippen molar-refractivity contribution < 1.29 is 28.1 Å². The maximum Gasteiger partial charge on any atom is 0.410 e. The molecule has 3 unspecified atom stereocenters. The van der Waals surface area contributed by atoms with Crippen LogP contribution in [0.3, 0.4) is 0 Å². The van der Waals surface area contributed by atoms with Crippen molar-refractivity contribution in [3.8, 4) is 5.75 Å². The molecule has 0 radical (unpaired) electrons. The van der Waals surface area contributed by atoms with E-state index in [1.807, 2.05) is 38.0 Å². The van der Waals surface area contributed by atoms with Gasteiger partial charge in [-0.1, -0.05) is 20.4 Å². The number of nitrogens with zero attached hydrogens (tertiary/aromatic N) is 2. The first-order chi connectivity index (χ1) is 18.2. The lowest BCUT2D eigenvalue weighted by atomic mass is 9.96. The number of rotatable bonds is 11. The number of fused-ring (bicyclic) bond motifs is 1. The van der Waals surface area contributed by atoms with Crippen LogP contribution in [-0.4, -0.2) is 55.6 Å². The second-order valence-electron chi connectivity index (χ2n) is 10.8. The number of carbonyl (C=O) groups excluding carboxylic acids is 1. The van der Waals surface area contributed by atoms with Gasteiger partial charge in [-0.2, -0.15) is 0 Å². The first-order valence-corrected chi connectivity index (χ1v) is 14.5. The van der Waals surface area contributed by atoms with Gasteiger partial charge >= 0.3 is 6.09 Å². The van der Waals surface area contributed by atoms with Crippen molar-refractivity contribution in [3.05, 3.63) is 48.3 Å². The molecule has 1 aliphatic heterocycles. The molecule has 1 amide bonds. The third kappa shape index (κ3) is 6.30. The van der Waals surface area contributed by atoms with E-state index in [1.54, 1.807) is 6.07 Å². The monoisotopic (exact) mass is 546 g/mol. The summed E-state index contributed by atoms with van der Waals surface area (Å²) in [6, 6.07) is 4.90. The average Bonchev–Trinajstić information content (AvgIpc) is 3.82. The number of amides is 1. The normalized spacial score (nSPS) is 24.9. The summed E-state index contributed by atoms with van der Waals surface area (Å²) in [6.45, 7) is 11.5. The maximum absolute atomic E-state index is 14.8. The highest BCUT2D eigenvalue weighted by Crippen LogP contribution is 2.58. The van der Waals surface area contributed by atoms with Crippen LogP contribution in [-0.2, 0) is 14.2 Å². The summed E-state index contributed by atoms with van der Waals surface area (Å²) in [7, 11) is 1.53. The number of piperidine rings is 1. The highest BCUT2D eigenvalue weighted by atomic mass is 32.2. The molecule has 4 rings (SSSR count). The predicted molar refractivity (Wildman–Crippen MR) is 147 cm³/mol. The average molecular weight is 547 g/mol. The van der Waals surface area contributed by atoms with Crippen LogP contribution < -0.4 is 4.74 Å². The first kappa shape index (κ1) is 28.3. The molecule has 0 spiro atoms. The second kappa shape index (κ2) is 11.6. The van der Waals surface area contributed by atoms with E-state index in [2.05, 4.69) is 11.6 Å². The summed E-state index contributed by atoms with van der Waals surface area (Å²) in [5.74, 6) is 0.954. The van der Waals surface area contributed by atoms with Gasteiger partial charge in [0, 0.05) is 35.5 Å². The van der Waals surface area contributed by atoms with E-state index in [9.17, 15) is 9.18 Å². The van der Waals surface area contributed by atoms with Crippen molar-refractivity contribution >= 4 is 23.8 Å². The molecular weight excluding hydrogens is 507 g/mol. The summed E-state index contributed by atoms with van der Waals surface area (Å²) < 4.78 is 38.6. The van der Waals surface area contributed by atoms with Gasteiger partial charge in [0.1, 0.15) is 5.60 Å². The van der Waals surface area contributed by atoms with E-state index < -0.39 is 5.82 Å². The molecule has 9 heteroatoms. The molecule has 3 atom stereocenters. The lowest BCUT2D eigenvalue weighted by Crippen LogP contribution is -2.42. The fraction of sp³-hybridized carbons (Fsp3) is 0.586. The summed E-state index contributed by atoms with van der Waals surface area (Å²) in [5, 5.41) is 0. The van der Waals surface area contributed by atoms with Crippen LogP contribution >= 0.6 is 11.8 Å². The molecule has 1 saturated heterocycles. The molecule has 1 aromatic carbocycles. The lowest BCUT2D eigenvalue weighted by molar-refractivity contribution is 0.0434. The van der Waals surface area contributed by atoms with Crippen LogP contribution in [0.15, 0.2) is 52.4 Å². The van der Waals surface area contributed by atoms with Crippen LogP contribution in [0.4, 0.5) is 9.18 Å².